The van der Waals surface area contributed by atoms with Gasteiger partial charge in [0, 0.05) is 43.4 Å². The third-order valence-corrected chi connectivity index (χ3v) is 11.3. The lowest BCUT2D eigenvalue weighted by molar-refractivity contribution is 0.516. The summed E-state index contributed by atoms with van der Waals surface area (Å²) < 4.78 is 2.63. The van der Waals surface area contributed by atoms with E-state index in [1.54, 1.807) is 0 Å². The van der Waals surface area contributed by atoms with Gasteiger partial charge in [0.1, 0.15) is 11.6 Å². The molecule has 39 heavy (non-hydrogen) atoms. The second-order valence-corrected chi connectivity index (χ2v) is 13.5. The number of thiophene rings is 1. The molecule has 0 amide bonds. The van der Waals surface area contributed by atoms with E-state index < -0.39 is 0 Å². The van der Waals surface area contributed by atoms with Crippen LogP contribution >= 0.6 is 11.3 Å². The van der Waals surface area contributed by atoms with E-state index >= 15 is 0 Å². The molecule has 2 aliphatic heterocycles. The van der Waals surface area contributed by atoms with Crippen LogP contribution in [0.5, 0.6) is 0 Å². The van der Waals surface area contributed by atoms with E-state index in [-0.39, 0.29) is 0 Å². The van der Waals surface area contributed by atoms with Crippen LogP contribution in [0.2, 0.25) is 0 Å². The normalized spacial score (nSPS) is 30.1. The molecule has 4 N–H and O–H groups in total. The van der Waals surface area contributed by atoms with Crippen molar-refractivity contribution in [3.63, 3.8) is 0 Å². The molecule has 3 aromatic heterocycles. The molecule has 6 atom stereocenters. The Hall–Kier alpha value is -3.00. The summed E-state index contributed by atoms with van der Waals surface area (Å²) in [6, 6.07) is 15.8. The van der Waals surface area contributed by atoms with E-state index in [0.29, 0.717) is 24.2 Å². The van der Waals surface area contributed by atoms with Gasteiger partial charge in [-0.1, -0.05) is 37.1 Å². The third kappa shape index (κ3) is 3.74. The van der Waals surface area contributed by atoms with Crippen LogP contribution in [0.3, 0.4) is 0 Å². The lowest BCUT2D eigenvalue weighted by atomic mass is 10.0. The first-order chi connectivity index (χ1) is 19.2. The minimum Gasteiger partial charge on any atom is -0.341 e. The number of nitrogens with one attached hydrogen (secondary N) is 4. The van der Waals surface area contributed by atoms with Crippen molar-refractivity contribution in [1.82, 2.24) is 30.6 Å². The van der Waals surface area contributed by atoms with Gasteiger partial charge in [-0.2, -0.15) is 0 Å². The molecule has 2 aliphatic carbocycles. The second-order valence-electron chi connectivity index (χ2n) is 12.4. The van der Waals surface area contributed by atoms with Gasteiger partial charge in [0.25, 0.3) is 0 Å². The number of hydrogen-bond acceptors (Lipinski definition) is 5. The molecule has 7 heteroatoms. The SMILES string of the molecule is c1cc2c(cc1-c1cnc([C@@H]3C[C@@H]4CCC[C@@H]4N3)[nH]1)sc1cc(-c3cnc([C@@H]4C[C@@H]5CCC[C@@H]5N4)[nH]3)ccc12. The van der Waals surface area contributed by atoms with Gasteiger partial charge < -0.3 is 20.6 Å². The van der Waals surface area contributed by atoms with Crippen LogP contribution < -0.4 is 10.6 Å². The van der Waals surface area contributed by atoms with E-state index in [1.807, 2.05) is 23.7 Å². The van der Waals surface area contributed by atoms with Gasteiger partial charge in [0.2, 0.25) is 0 Å². The van der Waals surface area contributed by atoms with Crippen molar-refractivity contribution >= 4 is 31.5 Å². The number of imidazole rings is 2. The van der Waals surface area contributed by atoms with Crippen molar-refractivity contribution in [2.75, 3.05) is 0 Å². The van der Waals surface area contributed by atoms with Gasteiger partial charge in [0.15, 0.2) is 0 Å². The minimum atomic E-state index is 0.368. The number of rotatable bonds is 4. The summed E-state index contributed by atoms with van der Waals surface area (Å²) in [5.41, 5.74) is 4.63. The Balaban J connectivity index is 0.984. The molecule has 4 aliphatic rings. The molecule has 9 rings (SSSR count). The van der Waals surface area contributed by atoms with Gasteiger partial charge >= 0.3 is 0 Å². The molecule has 2 saturated heterocycles. The van der Waals surface area contributed by atoms with Crippen molar-refractivity contribution in [2.45, 2.75) is 75.5 Å². The van der Waals surface area contributed by atoms with Crippen LogP contribution in [-0.4, -0.2) is 32.0 Å². The summed E-state index contributed by atoms with van der Waals surface area (Å²) >= 11 is 1.87. The van der Waals surface area contributed by atoms with E-state index in [4.69, 9.17) is 9.97 Å². The van der Waals surface area contributed by atoms with Crippen LogP contribution in [0.15, 0.2) is 48.8 Å². The Morgan fingerprint density at radius 3 is 1.64 bits per heavy atom. The van der Waals surface area contributed by atoms with Crippen molar-refractivity contribution in [1.29, 1.82) is 0 Å². The first-order valence-electron chi connectivity index (χ1n) is 14.8. The fourth-order valence-electron chi connectivity index (χ4n) is 8.15. The monoisotopic (exact) mass is 534 g/mol. The van der Waals surface area contributed by atoms with Gasteiger partial charge in [-0.05, 0) is 62.5 Å². The largest absolute Gasteiger partial charge is 0.341 e. The van der Waals surface area contributed by atoms with Crippen molar-refractivity contribution in [3.05, 3.63) is 60.4 Å². The lowest BCUT2D eigenvalue weighted by Crippen LogP contribution is -2.24. The van der Waals surface area contributed by atoms with Gasteiger partial charge in [-0.15, -0.1) is 11.3 Å². The quantitative estimate of drug-likeness (QED) is 0.196. The average molecular weight is 535 g/mol. The zero-order valence-corrected chi connectivity index (χ0v) is 22.9. The number of benzene rings is 2. The predicted octanol–water partition coefficient (Wildman–Crippen LogP) is 7.24. The smallest absolute Gasteiger partial charge is 0.123 e. The average Bonchev–Trinajstić information content (AvgIpc) is 3.77. The van der Waals surface area contributed by atoms with Gasteiger partial charge in [-0.25, -0.2) is 9.97 Å². The number of hydrogen-bond donors (Lipinski definition) is 4. The predicted molar refractivity (Wildman–Crippen MR) is 158 cm³/mol. The molecule has 5 aromatic rings. The highest BCUT2D eigenvalue weighted by Crippen LogP contribution is 2.42. The van der Waals surface area contributed by atoms with Crippen molar-refractivity contribution in [2.24, 2.45) is 11.8 Å². The maximum Gasteiger partial charge on any atom is 0.123 e. The Morgan fingerprint density at radius 1 is 0.641 bits per heavy atom. The van der Waals surface area contributed by atoms with E-state index in [0.717, 1.165) is 34.9 Å². The number of aromatic amines is 2. The number of nitrogens with zero attached hydrogens (tertiary/aromatic N) is 2. The molecule has 0 spiro atoms. The molecular weight excluding hydrogens is 500 g/mol. The number of aromatic nitrogens is 4. The van der Waals surface area contributed by atoms with Gasteiger partial charge in [-0.3, -0.25) is 0 Å². The summed E-state index contributed by atoms with van der Waals surface area (Å²) in [6.45, 7) is 0. The van der Waals surface area contributed by atoms with Crippen LogP contribution in [-0.2, 0) is 0 Å². The fourth-order valence-corrected chi connectivity index (χ4v) is 9.33. The molecule has 2 aromatic carbocycles. The van der Waals surface area contributed by atoms with Gasteiger partial charge in [0.05, 0.1) is 35.9 Å². The molecule has 5 heterocycles. The summed E-state index contributed by atoms with van der Waals surface area (Å²) in [6.07, 6.45) is 14.6. The Morgan fingerprint density at radius 2 is 1.15 bits per heavy atom. The molecule has 4 fully saturated rings. The summed E-state index contributed by atoms with van der Waals surface area (Å²) in [4.78, 5) is 16.9. The van der Waals surface area contributed by atoms with Crippen molar-refractivity contribution in [3.8, 4) is 22.5 Å². The van der Waals surface area contributed by atoms with Crippen LogP contribution in [0.1, 0.15) is 75.1 Å². The standard InChI is InChI=1S/C32H34N6S/c1-3-17-11-25(35-23(17)5-1)31-33-15-27(37-31)19-7-9-21-22-10-8-20(14-30(22)39-29(21)13-19)28-16-34-32(38-28)26-12-18-4-2-6-24(18)36-26/h7-10,13-18,23-26,35-36H,1-6,11-12H2,(H,33,37)(H,34,38)/t17-,18-,23-,24-,25-,26-/m0/s1. The van der Waals surface area contributed by atoms with Crippen molar-refractivity contribution < 1.29 is 0 Å². The molecule has 0 radical (unpaired) electrons. The topological polar surface area (TPSA) is 81.4 Å². The van der Waals surface area contributed by atoms with Crippen LogP contribution in [0.4, 0.5) is 0 Å². The summed E-state index contributed by atoms with van der Waals surface area (Å²) in [7, 11) is 0. The maximum atomic E-state index is 4.79. The minimum absolute atomic E-state index is 0.368. The molecule has 6 nitrogen and oxygen atoms in total. The zero-order valence-electron chi connectivity index (χ0n) is 22.0. The first-order valence-corrected chi connectivity index (χ1v) is 15.7. The highest BCUT2D eigenvalue weighted by molar-refractivity contribution is 7.25. The first kappa shape index (κ1) is 22.8. The van der Waals surface area contributed by atoms with Crippen LogP contribution in [0, 0.1) is 11.8 Å². The molecule has 198 valence electrons. The second kappa shape index (κ2) is 8.75. The Kier molecular flexibility index (Phi) is 5.11. The highest BCUT2D eigenvalue weighted by atomic mass is 32.1. The molecule has 0 unspecified atom stereocenters. The Labute approximate surface area is 232 Å². The lowest BCUT2D eigenvalue weighted by Gasteiger charge is -2.10. The van der Waals surface area contributed by atoms with E-state index in [9.17, 15) is 0 Å². The molecular formula is C32H34N6S. The summed E-state index contributed by atoms with van der Waals surface area (Å²) in [5, 5.41) is 10.3. The van der Waals surface area contributed by atoms with E-state index in [2.05, 4.69) is 57.0 Å². The number of fused-ring (bicyclic) bond motifs is 5. The summed E-state index contributed by atoms with van der Waals surface area (Å²) in [5.74, 6) is 3.84. The van der Waals surface area contributed by atoms with Crippen LogP contribution in [0.25, 0.3) is 42.7 Å². The highest BCUT2D eigenvalue weighted by Gasteiger charge is 2.39. The molecule has 0 bridgehead atoms. The Bertz CT molecular complexity index is 1550. The number of H-pyrrole nitrogens is 2. The third-order valence-electron chi connectivity index (χ3n) is 10.2. The maximum absolute atomic E-state index is 4.79. The van der Waals surface area contributed by atoms with E-state index in [1.165, 1.54) is 82.7 Å². The molecule has 2 saturated carbocycles. The fraction of sp³-hybridized carbons (Fsp3) is 0.438. The zero-order chi connectivity index (χ0) is 25.5.